The molecule has 3 rings (SSSR count). The minimum atomic E-state index is -0.315. The number of rotatable bonds is 6. The van der Waals surface area contributed by atoms with Crippen molar-refractivity contribution in [3.63, 3.8) is 0 Å². The van der Waals surface area contributed by atoms with E-state index < -0.39 is 0 Å². The molecule has 1 aliphatic heterocycles. The summed E-state index contributed by atoms with van der Waals surface area (Å²) in [5.74, 6) is 0.833. The Hall–Kier alpha value is -1.43. The summed E-state index contributed by atoms with van der Waals surface area (Å²) in [6.45, 7) is 8.73. The van der Waals surface area contributed by atoms with Gasteiger partial charge in [0.1, 0.15) is 5.65 Å². The molecule has 3 heterocycles. The van der Waals surface area contributed by atoms with Gasteiger partial charge in [0.2, 0.25) is 0 Å². The van der Waals surface area contributed by atoms with Gasteiger partial charge in [-0.2, -0.15) is 0 Å². The van der Waals surface area contributed by atoms with Gasteiger partial charge in [-0.1, -0.05) is 13.0 Å². The normalized spacial score (nSPS) is 18.6. The number of hydrogen-bond donors (Lipinski definition) is 2. The summed E-state index contributed by atoms with van der Waals surface area (Å²) >= 11 is 0. The van der Waals surface area contributed by atoms with E-state index in [4.69, 9.17) is 0 Å². The van der Waals surface area contributed by atoms with Crippen LogP contribution in [0.2, 0.25) is 0 Å². The van der Waals surface area contributed by atoms with Crippen LogP contribution >= 0.6 is 0 Å². The molecular weight excluding hydrogens is 288 g/mol. The zero-order valence-corrected chi connectivity index (χ0v) is 14.2. The van der Waals surface area contributed by atoms with E-state index in [2.05, 4.69) is 45.7 Å². The number of likely N-dealkylation sites (tertiary alicyclic amines) is 1. The largest absolute Gasteiger partial charge is 0.390 e. The van der Waals surface area contributed by atoms with Gasteiger partial charge in [0.05, 0.1) is 18.0 Å². The Balaban J connectivity index is 1.46. The number of aromatic nitrogens is 2. The van der Waals surface area contributed by atoms with Gasteiger partial charge in [-0.3, -0.25) is 0 Å². The third-order valence-electron chi connectivity index (χ3n) is 4.76. The van der Waals surface area contributed by atoms with Crippen LogP contribution in [0.5, 0.6) is 0 Å². The van der Waals surface area contributed by atoms with Gasteiger partial charge in [-0.25, -0.2) is 4.98 Å². The average Bonchev–Trinajstić information content (AvgIpc) is 2.92. The minimum Gasteiger partial charge on any atom is -0.390 e. The standard InChI is InChI=1S/C18H28N4O/c1-14-5-7-21(8-6-14)13-17(23)11-19-9-16-10-20-18-4-3-15(2)12-22(16)18/h3-4,10,12,14,17,19,23H,5-9,11,13H2,1-2H3. The van der Waals surface area contributed by atoms with Gasteiger partial charge in [0.15, 0.2) is 0 Å². The molecule has 1 saturated heterocycles. The molecule has 2 aromatic rings. The van der Waals surface area contributed by atoms with E-state index in [1.54, 1.807) is 0 Å². The second kappa shape index (κ2) is 7.43. The number of β-amino-alcohol motifs (C(OH)–C–C–N with tert-alkyl or cyclic N) is 1. The fourth-order valence-corrected chi connectivity index (χ4v) is 3.24. The minimum absolute atomic E-state index is 0.315. The maximum atomic E-state index is 10.2. The van der Waals surface area contributed by atoms with E-state index in [0.717, 1.165) is 43.4 Å². The third-order valence-corrected chi connectivity index (χ3v) is 4.76. The topological polar surface area (TPSA) is 52.8 Å². The lowest BCUT2D eigenvalue weighted by Crippen LogP contribution is -2.41. The molecule has 5 nitrogen and oxygen atoms in total. The Kier molecular flexibility index (Phi) is 5.30. The molecule has 0 saturated carbocycles. The van der Waals surface area contributed by atoms with Crippen LogP contribution in [0.3, 0.4) is 0 Å². The maximum absolute atomic E-state index is 10.2. The van der Waals surface area contributed by atoms with E-state index in [0.29, 0.717) is 6.54 Å². The number of imidazole rings is 1. The number of hydrogen-bond acceptors (Lipinski definition) is 4. The zero-order valence-electron chi connectivity index (χ0n) is 14.2. The molecule has 2 N–H and O–H groups in total. The zero-order chi connectivity index (χ0) is 16.2. The van der Waals surface area contributed by atoms with Crippen LogP contribution in [0.25, 0.3) is 5.65 Å². The number of nitrogens with zero attached hydrogens (tertiary/aromatic N) is 3. The van der Waals surface area contributed by atoms with E-state index in [9.17, 15) is 5.11 Å². The number of aliphatic hydroxyl groups excluding tert-OH is 1. The van der Waals surface area contributed by atoms with Gasteiger partial charge < -0.3 is 19.7 Å². The van der Waals surface area contributed by atoms with Crippen molar-refractivity contribution in [2.24, 2.45) is 5.92 Å². The average molecular weight is 316 g/mol. The van der Waals surface area contributed by atoms with E-state index >= 15 is 0 Å². The molecule has 1 atom stereocenters. The van der Waals surface area contributed by atoms with Crippen LogP contribution < -0.4 is 5.32 Å². The van der Waals surface area contributed by atoms with Crippen LogP contribution in [0.4, 0.5) is 0 Å². The number of piperidine rings is 1. The molecule has 0 bridgehead atoms. The Morgan fingerprint density at radius 1 is 1.35 bits per heavy atom. The Morgan fingerprint density at radius 3 is 2.91 bits per heavy atom. The van der Waals surface area contributed by atoms with Gasteiger partial charge in [0, 0.05) is 25.8 Å². The van der Waals surface area contributed by atoms with Crippen LogP contribution in [0, 0.1) is 12.8 Å². The fraction of sp³-hybridized carbons (Fsp3) is 0.611. The summed E-state index contributed by atoms with van der Waals surface area (Å²) < 4.78 is 2.11. The van der Waals surface area contributed by atoms with Crippen LogP contribution in [0.1, 0.15) is 31.0 Å². The quantitative estimate of drug-likeness (QED) is 0.854. The fourth-order valence-electron chi connectivity index (χ4n) is 3.24. The lowest BCUT2D eigenvalue weighted by Gasteiger charge is -2.31. The lowest BCUT2D eigenvalue weighted by atomic mass is 9.99. The van der Waals surface area contributed by atoms with Crippen LogP contribution in [-0.4, -0.2) is 51.7 Å². The van der Waals surface area contributed by atoms with Crippen molar-refractivity contribution in [1.82, 2.24) is 19.6 Å². The van der Waals surface area contributed by atoms with E-state index in [-0.39, 0.29) is 6.10 Å². The maximum Gasteiger partial charge on any atom is 0.136 e. The number of aliphatic hydroxyl groups is 1. The van der Waals surface area contributed by atoms with Gasteiger partial charge in [-0.05, 0) is 50.4 Å². The molecule has 23 heavy (non-hydrogen) atoms. The molecule has 1 unspecified atom stereocenters. The van der Waals surface area contributed by atoms with E-state index in [1.807, 2.05) is 12.3 Å². The van der Waals surface area contributed by atoms with Crippen molar-refractivity contribution in [3.05, 3.63) is 35.8 Å². The van der Waals surface area contributed by atoms with Gasteiger partial charge in [0.25, 0.3) is 0 Å². The molecule has 0 aromatic carbocycles. The van der Waals surface area contributed by atoms with Gasteiger partial charge in [-0.15, -0.1) is 0 Å². The Morgan fingerprint density at radius 2 is 2.13 bits per heavy atom. The van der Waals surface area contributed by atoms with Crippen LogP contribution in [-0.2, 0) is 6.54 Å². The van der Waals surface area contributed by atoms with Crippen molar-refractivity contribution in [2.45, 2.75) is 39.3 Å². The molecule has 0 radical (unpaired) electrons. The molecule has 1 aliphatic rings. The summed E-state index contributed by atoms with van der Waals surface area (Å²) in [4.78, 5) is 6.79. The third kappa shape index (κ3) is 4.31. The monoisotopic (exact) mass is 316 g/mol. The molecule has 0 spiro atoms. The molecule has 5 heteroatoms. The van der Waals surface area contributed by atoms with Crippen molar-refractivity contribution in [1.29, 1.82) is 0 Å². The summed E-state index contributed by atoms with van der Waals surface area (Å²) in [5, 5.41) is 13.6. The number of aryl methyl sites for hydroxylation is 1. The smallest absolute Gasteiger partial charge is 0.136 e. The molecule has 126 valence electrons. The summed E-state index contributed by atoms with van der Waals surface area (Å²) in [5.41, 5.74) is 3.31. The first-order chi connectivity index (χ1) is 11.1. The second-order valence-corrected chi connectivity index (χ2v) is 6.95. The van der Waals surface area contributed by atoms with Crippen molar-refractivity contribution >= 4 is 5.65 Å². The molecule has 0 aliphatic carbocycles. The predicted octanol–water partition coefficient (Wildman–Crippen LogP) is 1.83. The number of pyridine rings is 1. The van der Waals surface area contributed by atoms with Crippen LogP contribution in [0.15, 0.2) is 24.5 Å². The lowest BCUT2D eigenvalue weighted by molar-refractivity contribution is 0.0906. The first-order valence-electron chi connectivity index (χ1n) is 8.65. The summed E-state index contributed by atoms with van der Waals surface area (Å²) in [6.07, 6.45) is 6.19. The number of nitrogens with one attached hydrogen (secondary N) is 1. The highest BCUT2D eigenvalue weighted by Crippen LogP contribution is 2.15. The van der Waals surface area contributed by atoms with Crippen molar-refractivity contribution in [2.75, 3.05) is 26.2 Å². The molecular formula is C18H28N4O. The molecule has 1 fully saturated rings. The summed E-state index contributed by atoms with van der Waals surface area (Å²) in [7, 11) is 0. The molecule has 2 aromatic heterocycles. The number of fused-ring (bicyclic) bond motifs is 1. The Bertz CT molecular complexity index is 631. The van der Waals surface area contributed by atoms with E-state index in [1.165, 1.54) is 18.4 Å². The first-order valence-corrected chi connectivity index (χ1v) is 8.65. The van der Waals surface area contributed by atoms with Gasteiger partial charge >= 0.3 is 0 Å². The highest BCUT2D eigenvalue weighted by molar-refractivity contribution is 5.41. The summed E-state index contributed by atoms with van der Waals surface area (Å²) in [6, 6.07) is 4.10. The Labute approximate surface area is 138 Å². The van der Waals surface area contributed by atoms with Crippen molar-refractivity contribution < 1.29 is 5.11 Å². The highest BCUT2D eigenvalue weighted by Gasteiger charge is 2.18. The first kappa shape index (κ1) is 16.4. The second-order valence-electron chi connectivity index (χ2n) is 6.95. The highest BCUT2D eigenvalue weighted by atomic mass is 16.3. The SMILES string of the molecule is Cc1ccc2ncc(CNCC(O)CN3CCC(C)CC3)n2c1. The van der Waals surface area contributed by atoms with Crippen molar-refractivity contribution in [3.8, 4) is 0 Å². The molecule has 0 amide bonds. The predicted molar refractivity (Wildman–Crippen MR) is 92.5 cm³/mol.